The van der Waals surface area contributed by atoms with Crippen LogP contribution in [0.25, 0.3) is 10.9 Å². The number of aliphatic carboxylic acids is 1. The normalized spacial score (nSPS) is 12.0. The van der Waals surface area contributed by atoms with Crippen molar-refractivity contribution in [3.05, 3.63) is 69.5 Å². The number of halogens is 1. The van der Waals surface area contributed by atoms with Crippen molar-refractivity contribution < 1.29 is 28.6 Å². The molecule has 0 unspecified atom stereocenters. The molecule has 0 aliphatic rings. The van der Waals surface area contributed by atoms with Crippen molar-refractivity contribution in [2.24, 2.45) is 0 Å². The first-order chi connectivity index (χ1) is 18.3. The van der Waals surface area contributed by atoms with E-state index in [1.54, 1.807) is 45.9 Å². The number of alkyl carbamates (subject to hydrolysis) is 1. The Hall–Kier alpha value is -4.48. The molecule has 1 atom stereocenters. The summed E-state index contributed by atoms with van der Waals surface area (Å²) in [5.74, 6) is -2.08. The summed E-state index contributed by atoms with van der Waals surface area (Å²) in [6.07, 6.45) is -0.181. The molecule has 1 aromatic heterocycles. The Bertz CT molecular complexity index is 1420. The molecule has 11 nitrogen and oxygen atoms in total. The number of carbonyl (C=O) groups is 3. The number of ether oxygens (including phenoxy) is 1. The fraction of sp³-hybridized carbons (Fsp3) is 0.370. The number of amides is 2. The van der Waals surface area contributed by atoms with Crippen LogP contribution in [0.5, 0.6) is 0 Å². The number of carboxylic acids is 1. The van der Waals surface area contributed by atoms with E-state index in [4.69, 9.17) is 4.74 Å². The topological polar surface area (TPSA) is 163 Å². The van der Waals surface area contributed by atoms with Gasteiger partial charge in [0.2, 0.25) is 0 Å². The molecule has 39 heavy (non-hydrogen) atoms. The smallest absolute Gasteiger partial charge is 0.407 e. The molecular weight excluding hydrogens is 509 g/mol. The highest BCUT2D eigenvalue weighted by atomic mass is 19.1. The number of aromatic nitrogens is 2. The first-order valence-electron chi connectivity index (χ1n) is 12.4. The molecule has 1 heterocycles. The Balaban J connectivity index is 1.54. The third-order valence-corrected chi connectivity index (χ3v) is 5.57. The van der Waals surface area contributed by atoms with Gasteiger partial charge < -0.3 is 30.8 Å². The first-order valence-corrected chi connectivity index (χ1v) is 12.4. The molecule has 5 N–H and O–H groups in total. The molecular formula is C27H32FN5O6. The minimum atomic E-state index is -1.19. The maximum atomic E-state index is 14.9. The summed E-state index contributed by atoms with van der Waals surface area (Å²) in [7, 11) is 0. The molecule has 0 radical (unpaired) electrons. The van der Waals surface area contributed by atoms with Crippen LogP contribution >= 0.6 is 0 Å². The number of fused-ring (bicyclic) bond motifs is 1. The number of aromatic amines is 1. The number of H-pyrrole nitrogens is 1. The molecule has 0 saturated carbocycles. The summed E-state index contributed by atoms with van der Waals surface area (Å²) in [6.45, 7) is 7.22. The monoisotopic (exact) mass is 541 g/mol. The second kappa shape index (κ2) is 12.4. The Morgan fingerprint density at radius 3 is 2.46 bits per heavy atom. The van der Waals surface area contributed by atoms with Crippen LogP contribution in [-0.2, 0) is 16.1 Å². The predicted molar refractivity (Wildman–Crippen MR) is 143 cm³/mol. The van der Waals surface area contributed by atoms with Crippen LogP contribution in [0.2, 0.25) is 0 Å². The number of benzene rings is 2. The third-order valence-electron chi connectivity index (χ3n) is 5.57. The molecule has 2 amide bonds. The largest absolute Gasteiger partial charge is 0.480 e. The number of anilines is 1. The zero-order valence-corrected chi connectivity index (χ0v) is 22.2. The van der Waals surface area contributed by atoms with Crippen molar-refractivity contribution in [3.8, 4) is 0 Å². The number of nitrogens with one attached hydrogen (secondary N) is 4. The maximum absolute atomic E-state index is 14.9. The quantitative estimate of drug-likeness (QED) is 0.244. The minimum absolute atomic E-state index is 0.105. The van der Waals surface area contributed by atoms with Crippen molar-refractivity contribution in [2.45, 2.75) is 58.7 Å². The van der Waals surface area contributed by atoms with Gasteiger partial charge in [-0.2, -0.15) is 0 Å². The van der Waals surface area contributed by atoms with Crippen molar-refractivity contribution >= 4 is 34.6 Å². The van der Waals surface area contributed by atoms with E-state index in [9.17, 15) is 28.7 Å². The number of carbonyl (C=O) groups excluding carboxylic acids is 2. The average molecular weight is 542 g/mol. The third kappa shape index (κ3) is 8.25. The Labute approximate surface area is 224 Å². The highest BCUT2D eigenvalue weighted by Gasteiger charge is 2.21. The van der Waals surface area contributed by atoms with Crippen LogP contribution in [0.4, 0.5) is 14.9 Å². The zero-order chi connectivity index (χ0) is 28.7. The lowest BCUT2D eigenvalue weighted by atomic mass is 10.1. The molecule has 12 heteroatoms. The van der Waals surface area contributed by atoms with E-state index >= 15 is 0 Å². The lowest BCUT2D eigenvalue weighted by Gasteiger charge is -2.20. The van der Waals surface area contributed by atoms with Crippen LogP contribution < -0.4 is 21.5 Å². The SMILES string of the molecule is Cc1nc2ccc(NCc3ccc(C(=O)N[C@@H](CCCNC(=O)OC(C)(C)C)C(=O)O)cc3)c(F)c2c(=O)[nH]1. The second-order valence-electron chi connectivity index (χ2n) is 9.96. The lowest BCUT2D eigenvalue weighted by molar-refractivity contribution is -0.139. The van der Waals surface area contributed by atoms with Gasteiger partial charge in [0, 0.05) is 18.7 Å². The number of hydrogen-bond donors (Lipinski definition) is 5. The molecule has 3 aromatic rings. The van der Waals surface area contributed by atoms with Gasteiger partial charge in [-0.15, -0.1) is 0 Å². The van der Waals surface area contributed by atoms with Gasteiger partial charge in [-0.05, 0) is 70.4 Å². The Morgan fingerprint density at radius 1 is 1.13 bits per heavy atom. The van der Waals surface area contributed by atoms with Crippen LogP contribution in [0.15, 0.2) is 41.2 Å². The standard InChI is InChI=1S/C27H32FN5O6/c1-15-31-18-11-12-19(22(28)21(18)24(35)32-15)30-14-16-7-9-17(10-8-16)23(34)33-20(25(36)37)6-5-13-29-26(38)39-27(2,3)4/h7-12,20,30H,5-6,13-14H2,1-4H3,(H,29,38)(H,33,34)(H,36,37)(H,31,32,35)/t20-/m0/s1. The van der Waals surface area contributed by atoms with E-state index in [1.165, 1.54) is 18.2 Å². The van der Waals surface area contributed by atoms with Gasteiger partial charge in [0.05, 0.1) is 11.2 Å². The lowest BCUT2D eigenvalue weighted by Crippen LogP contribution is -2.41. The van der Waals surface area contributed by atoms with Crippen molar-refractivity contribution in [1.82, 2.24) is 20.6 Å². The van der Waals surface area contributed by atoms with Gasteiger partial charge in [0.1, 0.15) is 22.9 Å². The predicted octanol–water partition coefficient (Wildman–Crippen LogP) is 3.47. The van der Waals surface area contributed by atoms with Gasteiger partial charge in [-0.1, -0.05) is 12.1 Å². The minimum Gasteiger partial charge on any atom is -0.480 e. The molecule has 0 aliphatic carbocycles. The van der Waals surface area contributed by atoms with Gasteiger partial charge >= 0.3 is 12.1 Å². The van der Waals surface area contributed by atoms with Crippen molar-refractivity contribution in [1.29, 1.82) is 0 Å². The molecule has 208 valence electrons. The molecule has 0 fully saturated rings. The summed E-state index contributed by atoms with van der Waals surface area (Å²) in [4.78, 5) is 54.7. The van der Waals surface area contributed by atoms with E-state index < -0.39 is 41.0 Å². The number of carboxylic acid groups (broad SMARTS) is 1. The van der Waals surface area contributed by atoms with E-state index in [-0.39, 0.29) is 41.7 Å². The number of hydrogen-bond acceptors (Lipinski definition) is 7. The maximum Gasteiger partial charge on any atom is 0.407 e. The van der Waals surface area contributed by atoms with Crippen molar-refractivity contribution in [2.75, 3.05) is 11.9 Å². The van der Waals surface area contributed by atoms with Crippen LogP contribution in [0, 0.1) is 12.7 Å². The average Bonchev–Trinajstić information content (AvgIpc) is 2.84. The van der Waals surface area contributed by atoms with Gasteiger partial charge in [-0.3, -0.25) is 9.59 Å². The Kier molecular flexibility index (Phi) is 9.23. The van der Waals surface area contributed by atoms with E-state index in [0.717, 1.165) is 5.56 Å². The number of aryl methyl sites for hydroxylation is 1. The fourth-order valence-electron chi connectivity index (χ4n) is 3.73. The number of rotatable bonds is 10. The summed E-state index contributed by atoms with van der Waals surface area (Å²) >= 11 is 0. The molecule has 3 rings (SSSR count). The van der Waals surface area contributed by atoms with Gasteiger partial charge in [0.25, 0.3) is 11.5 Å². The highest BCUT2D eigenvalue weighted by Crippen LogP contribution is 2.21. The second-order valence-corrected chi connectivity index (χ2v) is 9.96. The fourth-order valence-corrected chi connectivity index (χ4v) is 3.73. The van der Waals surface area contributed by atoms with Gasteiger partial charge in [0.15, 0.2) is 5.82 Å². The summed E-state index contributed by atoms with van der Waals surface area (Å²) < 4.78 is 20.0. The van der Waals surface area contributed by atoms with E-state index in [1.807, 2.05) is 0 Å². The summed E-state index contributed by atoms with van der Waals surface area (Å²) in [5.41, 5.74) is 0.163. The summed E-state index contributed by atoms with van der Waals surface area (Å²) in [5, 5.41) is 17.3. The van der Waals surface area contributed by atoms with Crippen LogP contribution in [0.3, 0.4) is 0 Å². The first kappa shape index (κ1) is 29.1. The van der Waals surface area contributed by atoms with E-state index in [0.29, 0.717) is 12.2 Å². The van der Waals surface area contributed by atoms with Gasteiger partial charge in [-0.25, -0.2) is 19.0 Å². The van der Waals surface area contributed by atoms with Crippen molar-refractivity contribution in [3.63, 3.8) is 0 Å². The van der Waals surface area contributed by atoms with Crippen LogP contribution in [-0.4, -0.2) is 51.2 Å². The highest BCUT2D eigenvalue weighted by molar-refractivity contribution is 5.96. The van der Waals surface area contributed by atoms with E-state index in [2.05, 4.69) is 25.9 Å². The molecule has 0 aliphatic heterocycles. The number of nitrogens with zero attached hydrogens (tertiary/aromatic N) is 1. The molecule has 2 aromatic carbocycles. The summed E-state index contributed by atoms with van der Waals surface area (Å²) in [6, 6.07) is 8.28. The zero-order valence-electron chi connectivity index (χ0n) is 22.2. The molecule has 0 saturated heterocycles. The van der Waals surface area contributed by atoms with Crippen LogP contribution in [0.1, 0.15) is 55.4 Å². The Morgan fingerprint density at radius 2 is 1.82 bits per heavy atom. The molecule has 0 bridgehead atoms. The molecule has 0 spiro atoms.